The molecule has 1 saturated heterocycles. The molecule has 1 fully saturated rings. The second kappa shape index (κ2) is 11.1. The minimum atomic E-state index is -0.221. The number of ether oxygens (including phenoxy) is 1. The Labute approximate surface area is 238 Å². The molecule has 0 aromatic carbocycles. The van der Waals surface area contributed by atoms with Gasteiger partial charge in [-0.3, -0.25) is 9.48 Å². The van der Waals surface area contributed by atoms with Gasteiger partial charge in [0.1, 0.15) is 22.1 Å². The van der Waals surface area contributed by atoms with Crippen molar-refractivity contribution in [2.75, 3.05) is 30.3 Å². The van der Waals surface area contributed by atoms with Gasteiger partial charge in [0.15, 0.2) is 17.2 Å². The van der Waals surface area contributed by atoms with Crippen molar-refractivity contribution in [2.24, 2.45) is 7.05 Å². The lowest BCUT2D eigenvalue weighted by Crippen LogP contribution is -2.26. The maximum Gasteiger partial charge on any atom is 0.222 e. The number of carbonyl (C=O) groups is 1. The molecule has 4 aromatic rings. The fourth-order valence-electron chi connectivity index (χ4n) is 5.09. The van der Waals surface area contributed by atoms with Crippen LogP contribution < -0.4 is 15.4 Å². The third-order valence-corrected chi connectivity index (χ3v) is 7.31. The van der Waals surface area contributed by atoms with Crippen LogP contribution in [0.3, 0.4) is 0 Å². The van der Waals surface area contributed by atoms with Crippen molar-refractivity contribution < 1.29 is 9.53 Å². The number of carbonyl (C=O) groups excluding carboxylic acids is 1. The number of nitrogens with one attached hydrogen (secondary N) is 2. The second-order valence-electron chi connectivity index (χ2n) is 11.2. The number of amides is 1. The van der Waals surface area contributed by atoms with Gasteiger partial charge in [0.2, 0.25) is 11.9 Å². The van der Waals surface area contributed by atoms with Crippen LogP contribution in [0.25, 0.3) is 11.2 Å². The molecule has 4 aromatic heterocycles. The molecule has 40 heavy (non-hydrogen) atoms. The van der Waals surface area contributed by atoms with E-state index in [0.29, 0.717) is 45.5 Å². The molecule has 0 aliphatic carbocycles. The van der Waals surface area contributed by atoms with Gasteiger partial charge in [-0.2, -0.15) is 10.1 Å². The van der Waals surface area contributed by atoms with Crippen LogP contribution in [0.2, 0.25) is 5.02 Å². The number of anilines is 3. The monoisotopic (exact) mass is 565 g/mol. The zero-order valence-electron chi connectivity index (χ0n) is 23.8. The van der Waals surface area contributed by atoms with Crippen LogP contribution in [0.5, 0.6) is 11.5 Å². The van der Waals surface area contributed by atoms with Gasteiger partial charge in [0, 0.05) is 56.5 Å². The third kappa shape index (κ3) is 5.75. The van der Waals surface area contributed by atoms with Crippen molar-refractivity contribution in [3.8, 4) is 11.5 Å². The molecule has 5 rings (SSSR count). The van der Waals surface area contributed by atoms with Crippen molar-refractivity contribution in [3.63, 3.8) is 0 Å². The minimum Gasteiger partial charge on any atom is -0.454 e. The summed E-state index contributed by atoms with van der Waals surface area (Å²) in [7, 11) is 1.87. The van der Waals surface area contributed by atoms with E-state index >= 15 is 0 Å². The lowest BCUT2D eigenvalue weighted by Gasteiger charge is -2.23. The summed E-state index contributed by atoms with van der Waals surface area (Å²) in [4.78, 5) is 27.2. The fraction of sp³-hybridized carbons (Fsp3) is 0.464. The van der Waals surface area contributed by atoms with Gasteiger partial charge in [-0.1, -0.05) is 39.3 Å². The first kappa shape index (κ1) is 27.9. The number of fused-ring (bicyclic) bond motifs is 1. The van der Waals surface area contributed by atoms with Crippen molar-refractivity contribution >= 4 is 46.3 Å². The fourth-order valence-corrected chi connectivity index (χ4v) is 5.38. The quantitative estimate of drug-likeness (QED) is 0.281. The van der Waals surface area contributed by atoms with Crippen LogP contribution in [0.15, 0.2) is 30.6 Å². The van der Waals surface area contributed by atoms with Crippen LogP contribution >= 0.6 is 11.6 Å². The number of hydrogen-bond acceptors (Lipinski definition) is 8. The number of halogens is 1. The molecule has 0 bridgehead atoms. The summed E-state index contributed by atoms with van der Waals surface area (Å²) in [5.74, 6) is 2.29. The van der Waals surface area contributed by atoms with Crippen LogP contribution in [-0.4, -0.2) is 59.7 Å². The highest BCUT2D eigenvalue weighted by molar-refractivity contribution is 6.36. The summed E-state index contributed by atoms with van der Waals surface area (Å²) in [6, 6.07) is 5.75. The number of likely N-dealkylation sites (tertiary alicyclic amines) is 1. The molecule has 1 aliphatic rings. The van der Waals surface area contributed by atoms with E-state index in [-0.39, 0.29) is 11.3 Å². The van der Waals surface area contributed by atoms with Crippen molar-refractivity contribution in [1.82, 2.24) is 34.2 Å². The molecule has 12 heteroatoms. The molecule has 1 amide bonds. The first-order valence-corrected chi connectivity index (χ1v) is 13.9. The maximum atomic E-state index is 11.4. The second-order valence-corrected chi connectivity index (χ2v) is 11.6. The number of nitrogens with zero attached hydrogens (tertiary/aromatic N) is 7. The summed E-state index contributed by atoms with van der Waals surface area (Å²) in [5, 5.41) is 11.4. The Balaban J connectivity index is 1.42. The molecular weight excluding hydrogens is 530 g/mol. The topological polar surface area (TPSA) is 115 Å². The highest BCUT2D eigenvalue weighted by Gasteiger charge is 2.30. The van der Waals surface area contributed by atoms with Crippen LogP contribution in [0, 0.1) is 0 Å². The van der Waals surface area contributed by atoms with E-state index < -0.39 is 0 Å². The van der Waals surface area contributed by atoms with Crippen LogP contribution in [0.4, 0.5) is 17.6 Å². The van der Waals surface area contributed by atoms with E-state index in [2.05, 4.69) is 68.9 Å². The average molecular weight is 566 g/mol. The first-order valence-electron chi connectivity index (χ1n) is 13.5. The summed E-state index contributed by atoms with van der Waals surface area (Å²) in [6.07, 6.45) is 5.32. The Kier molecular flexibility index (Phi) is 7.70. The van der Waals surface area contributed by atoms with E-state index in [1.165, 1.54) is 18.8 Å². The molecule has 1 atom stereocenters. The molecule has 5 heterocycles. The Bertz CT molecular complexity index is 1540. The summed E-state index contributed by atoms with van der Waals surface area (Å²) in [5.41, 5.74) is 2.22. The third-order valence-electron chi connectivity index (χ3n) is 6.95. The van der Waals surface area contributed by atoms with Gasteiger partial charge in [0.25, 0.3) is 0 Å². The van der Waals surface area contributed by atoms with Crippen LogP contribution in [0.1, 0.15) is 59.2 Å². The standard InChI is InChI=1S/C28H36ClN9O2/c1-7-11-37-12-9-18(16-37)38-21(28(3,4)5)14-23(35-38)33-27-34-26-25(36(27)6)24(29)20(15-31-26)40-19-8-10-30-22(13-19)32-17(2)39/h8,10,13-15,18H,7,9,11-12,16H2,1-6H3,(H,30,32,39)(H,31,33,34,35). The van der Waals surface area contributed by atoms with Crippen molar-refractivity contribution in [1.29, 1.82) is 0 Å². The Hall–Kier alpha value is -3.70. The molecule has 11 nitrogen and oxygen atoms in total. The number of rotatable bonds is 8. The molecule has 2 N–H and O–H groups in total. The van der Waals surface area contributed by atoms with Gasteiger partial charge in [0.05, 0.1) is 12.2 Å². The lowest BCUT2D eigenvalue weighted by atomic mass is 9.91. The normalized spacial score (nSPS) is 16.0. The summed E-state index contributed by atoms with van der Waals surface area (Å²) < 4.78 is 10.0. The zero-order valence-corrected chi connectivity index (χ0v) is 24.6. The molecule has 0 saturated carbocycles. The highest BCUT2D eigenvalue weighted by atomic mass is 35.5. The molecular formula is C28H36ClN9O2. The van der Waals surface area contributed by atoms with E-state index in [1.54, 1.807) is 18.3 Å². The first-order chi connectivity index (χ1) is 19.0. The van der Waals surface area contributed by atoms with Gasteiger partial charge < -0.3 is 24.8 Å². The number of hydrogen-bond donors (Lipinski definition) is 2. The van der Waals surface area contributed by atoms with Gasteiger partial charge >= 0.3 is 0 Å². The van der Waals surface area contributed by atoms with Gasteiger partial charge in [-0.15, -0.1) is 0 Å². The lowest BCUT2D eigenvalue weighted by molar-refractivity contribution is -0.114. The highest BCUT2D eigenvalue weighted by Crippen LogP contribution is 2.37. The zero-order chi connectivity index (χ0) is 28.6. The van der Waals surface area contributed by atoms with Crippen LogP contribution in [-0.2, 0) is 17.3 Å². The molecule has 0 radical (unpaired) electrons. The number of aryl methyl sites for hydroxylation is 1. The SMILES string of the molecule is CCCN1CCC(n2nc(Nc3nc4ncc(Oc5ccnc(NC(C)=O)c5)c(Cl)c4n3C)cc2C(C)(C)C)C1. The number of aromatic nitrogens is 6. The molecule has 1 aliphatic heterocycles. The Morgan fingerprint density at radius 1 is 1.23 bits per heavy atom. The summed E-state index contributed by atoms with van der Waals surface area (Å²) in [6.45, 7) is 13.5. The van der Waals surface area contributed by atoms with Crippen molar-refractivity contribution in [2.45, 2.75) is 58.9 Å². The molecule has 212 valence electrons. The number of imidazole rings is 1. The van der Waals surface area contributed by atoms with Gasteiger partial charge in [-0.25, -0.2) is 9.97 Å². The smallest absolute Gasteiger partial charge is 0.222 e. The molecule has 1 unspecified atom stereocenters. The predicted molar refractivity (Wildman–Crippen MR) is 157 cm³/mol. The maximum absolute atomic E-state index is 11.4. The largest absolute Gasteiger partial charge is 0.454 e. The predicted octanol–water partition coefficient (Wildman–Crippen LogP) is 5.66. The Morgan fingerprint density at radius 3 is 2.75 bits per heavy atom. The summed E-state index contributed by atoms with van der Waals surface area (Å²) >= 11 is 6.79. The van der Waals surface area contributed by atoms with Crippen molar-refractivity contribution in [3.05, 3.63) is 41.3 Å². The number of pyridine rings is 2. The molecule has 0 spiro atoms. The average Bonchev–Trinajstić information content (AvgIpc) is 3.59. The Morgan fingerprint density at radius 2 is 2.02 bits per heavy atom. The van der Waals surface area contributed by atoms with E-state index in [1.807, 2.05) is 11.6 Å². The van der Waals surface area contributed by atoms with E-state index in [0.717, 1.165) is 38.3 Å². The van der Waals surface area contributed by atoms with Gasteiger partial charge in [-0.05, 0) is 25.5 Å². The minimum absolute atomic E-state index is 0.0681. The van der Waals surface area contributed by atoms with E-state index in [4.69, 9.17) is 21.4 Å². The van der Waals surface area contributed by atoms with E-state index in [9.17, 15) is 4.79 Å².